The first-order valence-electron chi connectivity index (χ1n) is 4.90. The van der Waals surface area contributed by atoms with E-state index in [2.05, 4.69) is 0 Å². The summed E-state index contributed by atoms with van der Waals surface area (Å²) in [6, 6.07) is 0. The molecular formula is C9H21N3O2. The Kier molecular flexibility index (Phi) is 6.44. The quantitative estimate of drug-likeness (QED) is 0.469. The van der Waals surface area contributed by atoms with Gasteiger partial charge < -0.3 is 21.9 Å². The highest BCUT2D eigenvalue weighted by atomic mass is 16.5. The fraction of sp³-hybridized carbons (Fsp3) is 0.889. The van der Waals surface area contributed by atoms with E-state index < -0.39 is 0 Å². The number of nitrogens with two attached hydrogens (primary N) is 3. The van der Waals surface area contributed by atoms with Gasteiger partial charge in [-0.25, -0.2) is 0 Å². The Balaban J connectivity index is 3.99. The summed E-state index contributed by atoms with van der Waals surface area (Å²) < 4.78 is 4.81. The monoisotopic (exact) mass is 203 g/mol. The first-order valence-corrected chi connectivity index (χ1v) is 4.90. The number of hydrogen-bond acceptors (Lipinski definition) is 5. The van der Waals surface area contributed by atoms with Crippen LogP contribution in [0.3, 0.4) is 0 Å². The molecule has 0 fully saturated rings. The van der Waals surface area contributed by atoms with Gasteiger partial charge in [0.05, 0.1) is 6.61 Å². The fourth-order valence-corrected chi connectivity index (χ4v) is 1.16. The smallest absolute Gasteiger partial charge is 0.305 e. The van der Waals surface area contributed by atoms with Crippen molar-refractivity contribution in [3.05, 3.63) is 0 Å². The van der Waals surface area contributed by atoms with Gasteiger partial charge in [-0.3, -0.25) is 4.79 Å². The average Bonchev–Trinajstić information content (AvgIpc) is 2.21. The molecule has 5 heteroatoms. The number of carbonyl (C=O) groups is 1. The van der Waals surface area contributed by atoms with Crippen LogP contribution in [-0.2, 0) is 9.53 Å². The highest BCUT2D eigenvalue weighted by molar-refractivity contribution is 5.69. The summed E-state index contributed by atoms with van der Waals surface area (Å²) in [5, 5.41) is 0. The largest absolute Gasteiger partial charge is 0.466 e. The minimum Gasteiger partial charge on any atom is -0.466 e. The lowest BCUT2D eigenvalue weighted by atomic mass is 9.83. The summed E-state index contributed by atoms with van der Waals surface area (Å²) in [5.41, 5.74) is 16.4. The van der Waals surface area contributed by atoms with Crippen LogP contribution in [0, 0.1) is 5.41 Å². The van der Waals surface area contributed by atoms with E-state index in [0.29, 0.717) is 39.1 Å². The summed E-state index contributed by atoms with van der Waals surface area (Å²) in [5.74, 6) is -0.216. The van der Waals surface area contributed by atoms with Gasteiger partial charge in [0.2, 0.25) is 0 Å². The second-order valence-corrected chi connectivity index (χ2v) is 3.42. The first kappa shape index (κ1) is 13.4. The van der Waals surface area contributed by atoms with Crippen LogP contribution in [0.15, 0.2) is 0 Å². The van der Waals surface area contributed by atoms with Crippen LogP contribution in [-0.4, -0.2) is 32.2 Å². The highest BCUT2D eigenvalue weighted by Gasteiger charge is 2.26. The van der Waals surface area contributed by atoms with Crippen LogP contribution >= 0.6 is 0 Å². The number of rotatable bonds is 7. The van der Waals surface area contributed by atoms with E-state index in [9.17, 15) is 4.79 Å². The summed E-state index contributed by atoms with van der Waals surface area (Å²) in [6.45, 7) is 3.39. The lowest BCUT2D eigenvalue weighted by Crippen LogP contribution is -2.44. The Labute approximate surface area is 85.0 Å². The molecule has 6 N–H and O–H groups in total. The minimum absolute atomic E-state index is 0.216. The van der Waals surface area contributed by atoms with Crippen LogP contribution in [0.25, 0.3) is 0 Å². The van der Waals surface area contributed by atoms with Gasteiger partial charge in [-0.1, -0.05) is 0 Å². The van der Waals surface area contributed by atoms with Gasteiger partial charge >= 0.3 is 5.97 Å². The molecule has 0 aromatic carbocycles. The predicted molar refractivity (Wildman–Crippen MR) is 55.5 cm³/mol. The Morgan fingerprint density at radius 3 is 2.07 bits per heavy atom. The van der Waals surface area contributed by atoms with Gasteiger partial charge in [0.15, 0.2) is 0 Å². The zero-order chi connectivity index (χ0) is 11.0. The van der Waals surface area contributed by atoms with Crippen molar-refractivity contribution in [3.8, 4) is 0 Å². The lowest BCUT2D eigenvalue weighted by molar-refractivity contribution is -0.143. The third-order valence-electron chi connectivity index (χ3n) is 2.46. The molecule has 0 atom stereocenters. The van der Waals surface area contributed by atoms with Crippen LogP contribution < -0.4 is 17.2 Å². The van der Waals surface area contributed by atoms with Crippen LogP contribution in [0.5, 0.6) is 0 Å². The third-order valence-corrected chi connectivity index (χ3v) is 2.46. The Morgan fingerprint density at radius 2 is 1.71 bits per heavy atom. The van der Waals surface area contributed by atoms with E-state index in [1.165, 1.54) is 0 Å². The average molecular weight is 203 g/mol. The van der Waals surface area contributed by atoms with Crippen molar-refractivity contribution in [1.29, 1.82) is 0 Å². The van der Waals surface area contributed by atoms with E-state index in [1.807, 2.05) is 0 Å². The van der Waals surface area contributed by atoms with Crippen molar-refractivity contribution in [2.75, 3.05) is 26.2 Å². The van der Waals surface area contributed by atoms with Crippen molar-refractivity contribution in [1.82, 2.24) is 0 Å². The number of ether oxygens (including phenoxy) is 1. The molecule has 14 heavy (non-hydrogen) atoms. The van der Waals surface area contributed by atoms with Gasteiger partial charge in [0.1, 0.15) is 0 Å². The SMILES string of the molecule is CCOC(=O)CCC(CN)(CN)CN. The van der Waals surface area contributed by atoms with Crippen molar-refractivity contribution < 1.29 is 9.53 Å². The molecule has 0 aliphatic heterocycles. The van der Waals surface area contributed by atoms with E-state index in [0.717, 1.165) is 0 Å². The van der Waals surface area contributed by atoms with Crippen molar-refractivity contribution in [2.45, 2.75) is 19.8 Å². The fourth-order valence-electron chi connectivity index (χ4n) is 1.16. The van der Waals surface area contributed by atoms with E-state index in [1.54, 1.807) is 6.92 Å². The van der Waals surface area contributed by atoms with Gasteiger partial charge in [0.25, 0.3) is 0 Å². The molecule has 0 aromatic heterocycles. The molecule has 0 unspecified atom stereocenters. The zero-order valence-corrected chi connectivity index (χ0v) is 8.79. The molecule has 0 amide bonds. The Bertz CT molecular complexity index is 161. The summed E-state index contributed by atoms with van der Waals surface area (Å²) >= 11 is 0. The van der Waals surface area contributed by atoms with Crippen molar-refractivity contribution >= 4 is 5.97 Å². The predicted octanol–water partition coefficient (Wildman–Crippen LogP) is -0.808. The molecule has 0 saturated carbocycles. The van der Waals surface area contributed by atoms with Gasteiger partial charge in [0, 0.05) is 31.5 Å². The molecule has 84 valence electrons. The topological polar surface area (TPSA) is 104 Å². The maximum atomic E-state index is 11.1. The molecule has 0 saturated heterocycles. The second kappa shape index (κ2) is 6.75. The second-order valence-electron chi connectivity index (χ2n) is 3.42. The molecular weight excluding hydrogens is 182 g/mol. The minimum atomic E-state index is -0.313. The summed E-state index contributed by atoms with van der Waals surface area (Å²) in [4.78, 5) is 11.1. The van der Waals surface area contributed by atoms with Crippen molar-refractivity contribution in [2.24, 2.45) is 22.6 Å². The highest BCUT2D eigenvalue weighted by Crippen LogP contribution is 2.19. The molecule has 0 radical (unpaired) electrons. The van der Waals surface area contributed by atoms with Crippen LogP contribution in [0.1, 0.15) is 19.8 Å². The molecule has 5 nitrogen and oxygen atoms in total. The molecule has 0 rings (SSSR count). The van der Waals surface area contributed by atoms with Gasteiger partial charge in [-0.05, 0) is 13.3 Å². The van der Waals surface area contributed by atoms with Gasteiger partial charge in [-0.2, -0.15) is 0 Å². The number of hydrogen-bond donors (Lipinski definition) is 3. The van der Waals surface area contributed by atoms with E-state index in [-0.39, 0.29) is 11.4 Å². The molecule has 0 aromatic rings. The Morgan fingerprint density at radius 1 is 1.21 bits per heavy atom. The molecule has 0 spiro atoms. The van der Waals surface area contributed by atoms with Crippen molar-refractivity contribution in [3.63, 3.8) is 0 Å². The van der Waals surface area contributed by atoms with Crippen LogP contribution in [0.4, 0.5) is 0 Å². The zero-order valence-electron chi connectivity index (χ0n) is 8.79. The molecule has 0 aliphatic rings. The maximum Gasteiger partial charge on any atom is 0.305 e. The first-order chi connectivity index (χ1) is 6.64. The summed E-state index contributed by atoms with van der Waals surface area (Å²) in [7, 11) is 0. The molecule has 0 aliphatic carbocycles. The maximum absolute atomic E-state index is 11.1. The van der Waals surface area contributed by atoms with E-state index >= 15 is 0 Å². The summed E-state index contributed by atoms with van der Waals surface area (Å²) in [6.07, 6.45) is 0.925. The number of carbonyl (C=O) groups excluding carboxylic acids is 1. The van der Waals surface area contributed by atoms with Gasteiger partial charge in [-0.15, -0.1) is 0 Å². The number of esters is 1. The van der Waals surface area contributed by atoms with E-state index in [4.69, 9.17) is 21.9 Å². The lowest BCUT2D eigenvalue weighted by Gasteiger charge is -2.28. The molecule has 0 bridgehead atoms. The third kappa shape index (κ3) is 4.04. The van der Waals surface area contributed by atoms with Crippen LogP contribution in [0.2, 0.25) is 0 Å². The normalized spacial score (nSPS) is 11.4. The molecule has 0 heterocycles. The standard InChI is InChI=1S/C9H21N3O2/c1-2-14-8(13)3-4-9(5-10,6-11)7-12/h2-7,10-12H2,1H3. The Hall–Kier alpha value is -0.650.